The molecular formula is C80H83B2F30N3. The van der Waals surface area contributed by atoms with Crippen molar-refractivity contribution < 1.29 is 132 Å². The molecule has 3 nitrogen and oxygen atoms in total. The van der Waals surface area contributed by atoms with E-state index in [0.29, 0.717) is 0 Å². The Bertz CT molecular complexity index is 3700. The summed E-state index contributed by atoms with van der Waals surface area (Å²) >= 11 is 0. The number of aromatic amines is 1. The fourth-order valence-electron chi connectivity index (χ4n) is 13.0. The number of H-pyrrole nitrogens is 1. The second-order valence-electron chi connectivity index (χ2n) is 27.6. The number of para-hydroxylation sites is 2. The molecule has 115 heavy (non-hydrogen) atoms. The number of nitrogens with one attached hydrogen (secondary N) is 1. The van der Waals surface area contributed by atoms with E-state index in [9.17, 15) is 132 Å². The van der Waals surface area contributed by atoms with Crippen LogP contribution in [-0.2, 0) is 0 Å². The number of fused-ring (bicyclic) bond motifs is 1. The minimum Gasteiger partial charge on any atom is -0.345 e. The first-order valence-electron chi connectivity index (χ1n) is 37.7. The van der Waals surface area contributed by atoms with Crippen LogP contribution >= 0.6 is 0 Å². The molecule has 1 N–H and O–H groups in total. The van der Waals surface area contributed by atoms with E-state index in [2.05, 4.69) is 35.8 Å². The van der Waals surface area contributed by atoms with Gasteiger partial charge >= 0.3 is 0 Å². The van der Waals surface area contributed by atoms with Crippen molar-refractivity contribution in [2.45, 2.75) is 219 Å². The summed E-state index contributed by atoms with van der Waals surface area (Å²) in [7, 11) is 2.34. The fraction of sp³-hybridized carbons (Fsp3) is 0.463. The molecule has 0 saturated heterocycles. The number of unbranched alkanes of at least 4 members (excludes halogenated alkanes) is 30. The Morgan fingerprint density at radius 1 is 0.226 bits per heavy atom. The van der Waals surface area contributed by atoms with Gasteiger partial charge in [0.25, 0.3) is 13.4 Å². The molecule has 1 aromatic heterocycles. The van der Waals surface area contributed by atoms with E-state index < -0.39 is 221 Å². The van der Waals surface area contributed by atoms with Crippen molar-refractivity contribution in [2.75, 3.05) is 20.1 Å². The second kappa shape index (κ2) is 48.0. The molecule has 0 amide bonds. The average molecular weight is 1680 g/mol. The first-order chi connectivity index (χ1) is 54.6. The smallest absolute Gasteiger partial charge is 0.265 e. The molecule has 0 atom stereocenters. The molecule has 0 spiro atoms. The average Bonchev–Trinajstić information content (AvgIpc) is 1.30. The van der Waals surface area contributed by atoms with Crippen LogP contribution < -0.4 is 32.8 Å². The summed E-state index contributed by atoms with van der Waals surface area (Å²) in [6.45, 7) is -0.671. The molecule has 0 radical (unpaired) electrons. The van der Waals surface area contributed by atoms with Crippen molar-refractivity contribution in [3.8, 4) is 0 Å². The normalized spacial score (nSPS) is 11.4. The van der Waals surface area contributed by atoms with Gasteiger partial charge in [0, 0.05) is 32.8 Å². The van der Waals surface area contributed by atoms with Crippen LogP contribution in [0.25, 0.3) is 11.0 Å². The van der Waals surface area contributed by atoms with E-state index in [1.54, 1.807) is 6.33 Å². The summed E-state index contributed by atoms with van der Waals surface area (Å²) in [6, 6.07) is 7.94. The third-order valence-corrected chi connectivity index (χ3v) is 19.3. The number of halogens is 30. The SMILES string of the molecule is CCCCCCCCCCCCCCCCCCN(C)CCCCCCCCCCCCCCCCCC.Fc1c(F)c(F)c(B(c2c(F)c(F)c(F)c(F)c2F)c2c(F)c(F)c(F)c(F)c2F)c(F)c1F.Fc1c(F)c(F)c(B(c2c(F)c(F)c(F)c(F)c2F)c2c(F)c(F)c(F)c(F)c2F)c(F)c1F.c1ccc2[nH]cnc2c1. The molecule has 8 aromatic rings. The minimum absolute atomic E-state index is 1.03. The van der Waals surface area contributed by atoms with Crippen LogP contribution in [0.15, 0.2) is 30.6 Å². The molecule has 8 rings (SSSR count). The first-order valence-corrected chi connectivity index (χ1v) is 37.7. The predicted octanol–water partition coefficient (Wildman–Crippen LogP) is 23.6. The number of hydrogen-bond acceptors (Lipinski definition) is 2. The zero-order valence-electron chi connectivity index (χ0n) is 62.8. The number of aromatic nitrogens is 2. The number of hydrogen-bond donors (Lipinski definition) is 1. The summed E-state index contributed by atoms with van der Waals surface area (Å²) in [5, 5.41) is 0. The van der Waals surface area contributed by atoms with Crippen molar-refractivity contribution in [1.29, 1.82) is 0 Å². The molecule has 634 valence electrons. The number of nitrogens with zero attached hydrogens (tertiary/aromatic N) is 2. The second-order valence-corrected chi connectivity index (χ2v) is 27.6. The Hall–Kier alpha value is -8.00. The van der Waals surface area contributed by atoms with E-state index in [4.69, 9.17) is 0 Å². The highest BCUT2D eigenvalue weighted by molar-refractivity contribution is 6.96. The molecule has 0 bridgehead atoms. The summed E-state index contributed by atoms with van der Waals surface area (Å²) in [4.78, 5) is 9.66. The van der Waals surface area contributed by atoms with Gasteiger partial charge in [-0.05, 0) is 45.1 Å². The Balaban J connectivity index is 0.000000290. The molecule has 0 aliphatic carbocycles. The van der Waals surface area contributed by atoms with Gasteiger partial charge in [0.05, 0.1) is 17.4 Å². The number of rotatable bonds is 40. The van der Waals surface area contributed by atoms with Crippen molar-refractivity contribution in [3.63, 3.8) is 0 Å². The molecule has 7 aromatic carbocycles. The van der Waals surface area contributed by atoms with Crippen LogP contribution in [0.4, 0.5) is 132 Å². The molecule has 0 fully saturated rings. The molecule has 0 aliphatic rings. The Morgan fingerprint density at radius 3 is 0.557 bits per heavy atom. The van der Waals surface area contributed by atoms with Crippen LogP contribution in [-0.4, -0.2) is 48.4 Å². The van der Waals surface area contributed by atoms with Crippen LogP contribution in [0.1, 0.15) is 219 Å². The third kappa shape index (κ3) is 25.3. The van der Waals surface area contributed by atoms with Gasteiger partial charge in [-0.1, -0.05) is 219 Å². The van der Waals surface area contributed by atoms with Crippen LogP contribution in [0.3, 0.4) is 0 Å². The predicted molar refractivity (Wildman–Crippen MR) is 379 cm³/mol. The Morgan fingerprint density at radius 2 is 0.383 bits per heavy atom. The number of imidazole rings is 1. The maximum Gasteiger partial charge on any atom is 0.265 e. The molecular weight excluding hydrogens is 1590 g/mol. The van der Waals surface area contributed by atoms with Gasteiger partial charge in [-0.3, -0.25) is 0 Å². The van der Waals surface area contributed by atoms with E-state index in [-0.39, 0.29) is 0 Å². The largest absolute Gasteiger partial charge is 0.345 e. The van der Waals surface area contributed by atoms with Crippen molar-refractivity contribution in [2.24, 2.45) is 0 Å². The molecule has 0 saturated carbocycles. The van der Waals surface area contributed by atoms with Gasteiger partial charge in [0.15, 0.2) is 175 Å². The summed E-state index contributed by atoms with van der Waals surface area (Å²) in [6.07, 6.45) is 48.5. The van der Waals surface area contributed by atoms with E-state index in [1.807, 2.05) is 24.3 Å². The van der Waals surface area contributed by atoms with E-state index in [1.165, 1.54) is 219 Å². The zero-order chi connectivity index (χ0) is 85.7. The first kappa shape index (κ1) is 97.6. The van der Waals surface area contributed by atoms with Crippen LogP contribution in [0, 0.1) is 175 Å². The standard InChI is InChI=1S/C37H77N.2C18BF15.C7H6N2/c1-4-6-8-10-12-14-16-18-20-22-24-26-28-30-32-34-36-38(3)37-35-33-31-29-27-25-23-21-19-17-15-13-11-9-7-5-2;2*20-4-1(5(21)11(27)16(32)10(4)26)19(2-6(22)12(28)17(33)13(29)7(2)23)3-8(24)14(30)18(34)15(31)9(3)25;1-2-4-7-6(3-1)8-5-9-7/h4-37H2,1-3H3;;;1-5H,(H,8,9). The lowest BCUT2D eigenvalue weighted by atomic mass is 9.36. The molecule has 35 heteroatoms. The molecule has 1 heterocycles. The van der Waals surface area contributed by atoms with Gasteiger partial charge in [0.2, 0.25) is 0 Å². The van der Waals surface area contributed by atoms with Crippen LogP contribution in [0.2, 0.25) is 0 Å². The van der Waals surface area contributed by atoms with Crippen molar-refractivity contribution in [3.05, 3.63) is 205 Å². The fourth-order valence-corrected chi connectivity index (χ4v) is 13.0. The molecule has 0 unspecified atom stereocenters. The highest BCUT2D eigenvalue weighted by atomic mass is 19.2. The van der Waals surface area contributed by atoms with Gasteiger partial charge in [-0.2, -0.15) is 0 Å². The topological polar surface area (TPSA) is 31.9 Å². The molecule has 0 aliphatic heterocycles. The Kier molecular flexibility index (Phi) is 40.7. The maximum atomic E-state index is 14.4. The van der Waals surface area contributed by atoms with E-state index in [0.717, 1.165) is 11.0 Å². The number of benzene rings is 7. The van der Waals surface area contributed by atoms with Crippen molar-refractivity contribution >= 4 is 57.2 Å². The highest BCUT2D eigenvalue weighted by Gasteiger charge is 2.48. The quantitative estimate of drug-likeness (QED) is 0.0136. The third-order valence-electron chi connectivity index (χ3n) is 19.3. The monoisotopic (exact) mass is 1680 g/mol. The van der Waals surface area contributed by atoms with Crippen LogP contribution in [0.5, 0.6) is 0 Å². The zero-order valence-corrected chi connectivity index (χ0v) is 62.8. The maximum absolute atomic E-state index is 14.4. The summed E-state index contributed by atoms with van der Waals surface area (Å²) < 4.78 is 417. The lowest BCUT2D eigenvalue weighted by Gasteiger charge is -2.21. The summed E-state index contributed by atoms with van der Waals surface area (Å²) in [5.74, 6) is -90.4. The minimum atomic E-state index is -3.96. The van der Waals surface area contributed by atoms with Gasteiger partial charge in [0.1, 0.15) is 0 Å². The van der Waals surface area contributed by atoms with Gasteiger partial charge in [-0.25, -0.2) is 137 Å². The van der Waals surface area contributed by atoms with Gasteiger partial charge in [-0.15, -0.1) is 0 Å². The Labute approximate surface area is 646 Å². The lowest BCUT2D eigenvalue weighted by molar-refractivity contribution is 0.314. The summed E-state index contributed by atoms with van der Waals surface area (Å²) in [5.41, 5.74) is -13.9. The van der Waals surface area contributed by atoms with Crippen molar-refractivity contribution in [1.82, 2.24) is 14.9 Å². The highest BCUT2D eigenvalue weighted by Crippen LogP contribution is 2.28. The van der Waals surface area contributed by atoms with Gasteiger partial charge < -0.3 is 9.88 Å². The lowest BCUT2D eigenvalue weighted by Crippen LogP contribution is -2.60. The van der Waals surface area contributed by atoms with E-state index >= 15 is 0 Å².